The van der Waals surface area contributed by atoms with Crippen molar-refractivity contribution in [2.75, 3.05) is 6.54 Å². The first-order valence-corrected chi connectivity index (χ1v) is 4.74. The van der Waals surface area contributed by atoms with Crippen molar-refractivity contribution in [3.63, 3.8) is 0 Å². The predicted octanol–water partition coefficient (Wildman–Crippen LogP) is 0.487. The highest BCUT2D eigenvalue weighted by atomic mass is 16.4. The quantitative estimate of drug-likeness (QED) is 0.640. The molecular formula is C9H13N3O2. The van der Waals surface area contributed by atoms with Crippen molar-refractivity contribution in [1.29, 1.82) is 0 Å². The number of aryl methyl sites for hydroxylation is 1. The Hall–Kier alpha value is -1.36. The lowest BCUT2D eigenvalue weighted by Gasteiger charge is -2.20. The summed E-state index contributed by atoms with van der Waals surface area (Å²) in [5, 5.41) is 15.5. The van der Waals surface area contributed by atoms with Crippen LogP contribution in [-0.4, -0.2) is 27.8 Å². The summed E-state index contributed by atoms with van der Waals surface area (Å²) in [5.41, 5.74) is 7.53. The normalized spacial score (nSPS) is 20.5. The Morgan fingerprint density at radius 1 is 1.71 bits per heavy atom. The molecule has 4 N–H and O–H groups in total. The summed E-state index contributed by atoms with van der Waals surface area (Å²) in [4.78, 5) is 10.9. The molecule has 1 heterocycles. The number of carboxylic acids is 1. The van der Waals surface area contributed by atoms with E-state index in [-0.39, 0.29) is 11.6 Å². The van der Waals surface area contributed by atoms with Crippen LogP contribution in [0.15, 0.2) is 0 Å². The van der Waals surface area contributed by atoms with Crippen LogP contribution in [0.1, 0.15) is 40.5 Å². The number of fused-ring (bicyclic) bond motifs is 1. The maximum Gasteiger partial charge on any atom is 0.356 e. The number of carboxylic acid groups (broad SMARTS) is 1. The third-order valence-electron chi connectivity index (χ3n) is 2.76. The van der Waals surface area contributed by atoms with E-state index in [1.807, 2.05) is 0 Å². The van der Waals surface area contributed by atoms with E-state index in [0.29, 0.717) is 6.54 Å². The van der Waals surface area contributed by atoms with Gasteiger partial charge in [-0.15, -0.1) is 0 Å². The summed E-state index contributed by atoms with van der Waals surface area (Å²) in [7, 11) is 0. The van der Waals surface area contributed by atoms with E-state index in [0.717, 1.165) is 30.5 Å². The van der Waals surface area contributed by atoms with Crippen LogP contribution in [0.5, 0.6) is 0 Å². The molecule has 1 atom stereocenters. The van der Waals surface area contributed by atoms with Gasteiger partial charge in [0.25, 0.3) is 0 Å². The van der Waals surface area contributed by atoms with E-state index < -0.39 is 5.97 Å². The van der Waals surface area contributed by atoms with Crippen LogP contribution in [0.2, 0.25) is 0 Å². The lowest BCUT2D eigenvalue weighted by atomic mass is 9.85. The first kappa shape index (κ1) is 9.21. The second-order valence-electron chi connectivity index (χ2n) is 3.59. The van der Waals surface area contributed by atoms with Gasteiger partial charge in [-0.3, -0.25) is 5.10 Å². The number of hydrogen-bond donors (Lipinski definition) is 3. The van der Waals surface area contributed by atoms with Gasteiger partial charge in [0.2, 0.25) is 0 Å². The van der Waals surface area contributed by atoms with Crippen molar-refractivity contribution in [2.45, 2.75) is 25.2 Å². The fraction of sp³-hybridized carbons (Fsp3) is 0.556. The van der Waals surface area contributed by atoms with Crippen LogP contribution in [0.3, 0.4) is 0 Å². The molecule has 76 valence electrons. The van der Waals surface area contributed by atoms with Crippen molar-refractivity contribution < 1.29 is 9.90 Å². The lowest BCUT2D eigenvalue weighted by Crippen LogP contribution is -2.19. The maximum absolute atomic E-state index is 10.9. The maximum atomic E-state index is 10.9. The van der Waals surface area contributed by atoms with E-state index in [1.165, 1.54) is 0 Å². The molecule has 0 aliphatic heterocycles. The van der Waals surface area contributed by atoms with Crippen molar-refractivity contribution >= 4 is 5.97 Å². The largest absolute Gasteiger partial charge is 0.476 e. The van der Waals surface area contributed by atoms with E-state index in [4.69, 9.17) is 10.8 Å². The fourth-order valence-electron chi connectivity index (χ4n) is 2.09. The molecule has 0 saturated carbocycles. The number of nitrogens with zero attached hydrogens (tertiary/aromatic N) is 1. The molecule has 1 aliphatic carbocycles. The first-order valence-electron chi connectivity index (χ1n) is 4.74. The Labute approximate surface area is 81.3 Å². The first-order chi connectivity index (χ1) is 6.74. The molecule has 2 rings (SSSR count). The SMILES string of the molecule is NCC1CCCc2[nH]nc(C(=O)O)c21. The highest BCUT2D eigenvalue weighted by Gasteiger charge is 2.27. The fourth-order valence-corrected chi connectivity index (χ4v) is 2.09. The van der Waals surface area contributed by atoms with Crippen molar-refractivity contribution in [2.24, 2.45) is 5.73 Å². The van der Waals surface area contributed by atoms with Gasteiger partial charge in [-0.05, 0) is 25.8 Å². The number of aromatic amines is 1. The third-order valence-corrected chi connectivity index (χ3v) is 2.76. The summed E-state index contributed by atoms with van der Waals surface area (Å²) in [6, 6.07) is 0. The molecule has 0 spiro atoms. The minimum Gasteiger partial charge on any atom is -0.476 e. The van der Waals surface area contributed by atoms with Crippen LogP contribution in [0, 0.1) is 0 Å². The molecule has 5 heteroatoms. The topological polar surface area (TPSA) is 92.0 Å². The minimum atomic E-state index is -0.970. The molecule has 0 bridgehead atoms. The van der Waals surface area contributed by atoms with Gasteiger partial charge in [-0.1, -0.05) is 0 Å². The van der Waals surface area contributed by atoms with Crippen molar-refractivity contribution in [3.8, 4) is 0 Å². The molecule has 14 heavy (non-hydrogen) atoms. The summed E-state index contributed by atoms with van der Waals surface area (Å²) in [5.74, 6) is -0.813. The van der Waals surface area contributed by atoms with Crippen LogP contribution < -0.4 is 5.73 Å². The van der Waals surface area contributed by atoms with E-state index in [2.05, 4.69) is 10.2 Å². The van der Waals surface area contributed by atoms with E-state index >= 15 is 0 Å². The van der Waals surface area contributed by atoms with E-state index in [1.54, 1.807) is 0 Å². The lowest BCUT2D eigenvalue weighted by molar-refractivity contribution is 0.0688. The van der Waals surface area contributed by atoms with Gasteiger partial charge in [0, 0.05) is 17.2 Å². The molecule has 0 saturated heterocycles. The Bertz CT molecular complexity index is 359. The van der Waals surface area contributed by atoms with Crippen LogP contribution >= 0.6 is 0 Å². The summed E-state index contributed by atoms with van der Waals surface area (Å²) in [6.07, 6.45) is 2.89. The van der Waals surface area contributed by atoms with Gasteiger partial charge in [0.1, 0.15) is 0 Å². The summed E-state index contributed by atoms with van der Waals surface area (Å²) < 4.78 is 0. The average Bonchev–Trinajstić information content (AvgIpc) is 2.60. The zero-order valence-corrected chi connectivity index (χ0v) is 7.79. The molecular weight excluding hydrogens is 182 g/mol. The van der Waals surface area contributed by atoms with Gasteiger partial charge in [-0.25, -0.2) is 4.79 Å². The minimum absolute atomic E-state index is 0.148. The average molecular weight is 195 g/mol. The molecule has 1 aromatic rings. The zero-order chi connectivity index (χ0) is 10.1. The number of aromatic carboxylic acids is 1. The van der Waals surface area contributed by atoms with Crippen molar-refractivity contribution in [3.05, 3.63) is 17.0 Å². The molecule has 1 unspecified atom stereocenters. The Morgan fingerprint density at radius 2 is 2.50 bits per heavy atom. The second kappa shape index (κ2) is 3.42. The molecule has 1 aromatic heterocycles. The Morgan fingerprint density at radius 3 is 3.14 bits per heavy atom. The van der Waals surface area contributed by atoms with Gasteiger partial charge < -0.3 is 10.8 Å². The van der Waals surface area contributed by atoms with Crippen molar-refractivity contribution in [1.82, 2.24) is 10.2 Å². The molecule has 5 nitrogen and oxygen atoms in total. The Kier molecular flexibility index (Phi) is 2.25. The Balaban J connectivity index is 2.46. The van der Waals surface area contributed by atoms with Crippen LogP contribution in [0.25, 0.3) is 0 Å². The number of aromatic nitrogens is 2. The number of carbonyl (C=O) groups is 1. The molecule has 1 aliphatic rings. The van der Waals surface area contributed by atoms with Gasteiger partial charge in [0.05, 0.1) is 0 Å². The standard InChI is InChI=1S/C9H13N3O2/c10-4-5-2-1-3-6-7(5)8(9(13)14)12-11-6/h5H,1-4,10H2,(H,11,12)(H,13,14). The zero-order valence-electron chi connectivity index (χ0n) is 7.79. The van der Waals surface area contributed by atoms with Gasteiger partial charge in [-0.2, -0.15) is 5.10 Å². The highest BCUT2D eigenvalue weighted by Crippen LogP contribution is 2.31. The monoisotopic (exact) mass is 195 g/mol. The van der Waals surface area contributed by atoms with Gasteiger partial charge in [0.15, 0.2) is 5.69 Å². The highest BCUT2D eigenvalue weighted by molar-refractivity contribution is 5.87. The number of nitrogens with one attached hydrogen (secondary N) is 1. The summed E-state index contributed by atoms with van der Waals surface area (Å²) in [6.45, 7) is 0.493. The molecule has 0 fully saturated rings. The number of rotatable bonds is 2. The van der Waals surface area contributed by atoms with Crippen LogP contribution in [0.4, 0.5) is 0 Å². The number of nitrogens with two attached hydrogens (primary N) is 1. The van der Waals surface area contributed by atoms with Crippen LogP contribution in [-0.2, 0) is 6.42 Å². The smallest absolute Gasteiger partial charge is 0.356 e. The molecule has 0 aromatic carbocycles. The number of H-pyrrole nitrogens is 1. The predicted molar refractivity (Wildman–Crippen MR) is 50.3 cm³/mol. The molecule has 0 radical (unpaired) electrons. The van der Waals surface area contributed by atoms with Gasteiger partial charge >= 0.3 is 5.97 Å². The second-order valence-corrected chi connectivity index (χ2v) is 3.59. The third kappa shape index (κ3) is 1.29. The number of hydrogen-bond acceptors (Lipinski definition) is 3. The summed E-state index contributed by atoms with van der Waals surface area (Å²) >= 11 is 0. The molecule has 0 amide bonds. The van der Waals surface area contributed by atoms with E-state index in [9.17, 15) is 4.79 Å².